The summed E-state index contributed by atoms with van der Waals surface area (Å²) in [6.45, 7) is 6.35. The summed E-state index contributed by atoms with van der Waals surface area (Å²) < 4.78 is 1.70. The molecular formula is C25H24N6O. The van der Waals surface area contributed by atoms with E-state index in [0.717, 1.165) is 22.4 Å². The van der Waals surface area contributed by atoms with Gasteiger partial charge in [-0.1, -0.05) is 55.5 Å². The van der Waals surface area contributed by atoms with Gasteiger partial charge in [-0.2, -0.15) is 0 Å². The van der Waals surface area contributed by atoms with Crippen LogP contribution in [0.4, 0.5) is 5.82 Å². The van der Waals surface area contributed by atoms with Crippen molar-refractivity contribution in [3.8, 4) is 17.1 Å². The van der Waals surface area contributed by atoms with Crippen LogP contribution < -0.4 is 4.90 Å². The Morgan fingerprint density at radius 3 is 2.50 bits per heavy atom. The molecule has 4 aromatic rings. The maximum atomic E-state index is 13.0. The number of rotatable bonds is 5. The zero-order chi connectivity index (χ0) is 22.2. The number of anilines is 1. The van der Waals surface area contributed by atoms with Gasteiger partial charge in [0.1, 0.15) is 5.82 Å². The fourth-order valence-electron chi connectivity index (χ4n) is 4.23. The lowest BCUT2D eigenvalue weighted by atomic mass is 9.97. The minimum atomic E-state index is -0.156. The molecule has 0 fully saturated rings. The van der Waals surface area contributed by atoms with Crippen molar-refractivity contribution in [1.82, 2.24) is 25.0 Å². The van der Waals surface area contributed by atoms with Gasteiger partial charge < -0.3 is 0 Å². The lowest BCUT2D eigenvalue weighted by Crippen LogP contribution is -2.30. The molecule has 1 amide bonds. The first-order valence-electron chi connectivity index (χ1n) is 10.8. The highest BCUT2D eigenvalue weighted by molar-refractivity contribution is 6.01. The van der Waals surface area contributed by atoms with E-state index in [-0.39, 0.29) is 11.9 Å². The van der Waals surface area contributed by atoms with E-state index in [9.17, 15) is 4.79 Å². The topological polar surface area (TPSA) is 76.8 Å². The molecule has 0 saturated carbocycles. The predicted octanol–water partition coefficient (Wildman–Crippen LogP) is 4.50. The van der Waals surface area contributed by atoms with Crippen LogP contribution in [0.25, 0.3) is 17.1 Å². The Balaban J connectivity index is 1.50. The highest BCUT2D eigenvalue weighted by Gasteiger charge is 2.34. The fraction of sp³-hybridized carbons (Fsp3) is 0.240. The van der Waals surface area contributed by atoms with E-state index < -0.39 is 0 Å². The number of hydrogen-bond donors (Lipinski definition) is 0. The van der Waals surface area contributed by atoms with Crippen LogP contribution in [-0.2, 0) is 11.2 Å². The molecule has 0 aliphatic carbocycles. The normalized spacial score (nSPS) is 14.1. The molecule has 5 rings (SSSR count). The van der Waals surface area contributed by atoms with Gasteiger partial charge in [-0.3, -0.25) is 9.69 Å². The molecule has 160 valence electrons. The molecule has 3 heterocycles. The third-order valence-electron chi connectivity index (χ3n) is 5.95. The Bertz CT molecular complexity index is 1260. The summed E-state index contributed by atoms with van der Waals surface area (Å²) in [5.74, 6) is 1.74. The molecule has 1 atom stereocenters. The number of amides is 1. The van der Waals surface area contributed by atoms with Gasteiger partial charge in [0.05, 0.1) is 30.5 Å². The molecule has 1 aliphatic heterocycles. The summed E-state index contributed by atoms with van der Waals surface area (Å²) in [7, 11) is 0. The molecule has 0 saturated heterocycles. The number of aromatic nitrogens is 5. The second-order valence-electron chi connectivity index (χ2n) is 8.34. The van der Waals surface area contributed by atoms with Gasteiger partial charge in [-0.15, -0.1) is 5.10 Å². The Labute approximate surface area is 186 Å². The first-order chi connectivity index (χ1) is 15.5. The first-order valence-corrected chi connectivity index (χ1v) is 10.8. The second kappa shape index (κ2) is 8.00. The van der Waals surface area contributed by atoms with Crippen molar-refractivity contribution in [2.24, 2.45) is 0 Å². The van der Waals surface area contributed by atoms with Crippen LogP contribution in [0.1, 0.15) is 49.4 Å². The van der Waals surface area contributed by atoms with Crippen LogP contribution >= 0.6 is 0 Å². The third kappa shape index (κ3) is 3.45. The van der Waals surface area contributed by atoms with Gasteiger partial charge in [0, 0.05) is 17.3 Å². The van der Waals surface area contributed by atoms with Crippen LogP contribution in [0.3, 0.4) is 0 Å². The molecule has 0 bridgehead atoms. The SMILES string of the molecule is CC(C)c1ccccc1-c1ncc2c(n1)N([C@H](C)c1ccc(-n3ccnn3)cc1)C(=O)C2. The van der Waals surface area contributed by atoms with Crippen molar-refractivity contribution in [3.63, 3.8) is 0 Å². The Morgan fingerprint density at radius 1 is 1.00 bits per heavy atom. The molecule has 1 aliphatic rings. The van der Waals surface area contributed by atoms with Crippen molar-refractivity contribution in [1.29, 1.82) is 0 Å². The average molecular weight is 425 g/mol. The summed E-state index contributed by atoms with van der Waals surface area (Å²) in [4.78, 5) is 24.2. The van der Waals surface area contributed by atoms with Crippen LogP contribution in [-0.4, -0.2) is 30.9 Å². The molecule has 2 aromatic carbocycles. The maximum absolute atomic E-state index is 13.0. The Morgan fingerprint density at radius 2 is 1.78 bits per heavy atom. The maximum Gasteiger partial charge on any atom is 0.233 e. The summed E-state index contributed by atoms with van der Waals surface area (Å²) in [6.07, 6.45) is 5.56. The second-order valence-corrected chi connectivity index (χ2v) is 8.34. The summed E-state index contributed by atoms with van der Waals surface area (Å²) >= 11 is 0. The average Bonchev–Trinajstić information content (AvgIpc) is 3.46. The van der Waals surface area contributed by atoms with Gasteiger partial charge in [0.15, 0.2) is 5.82 Å². The van der Waals surface area contributed by atoms with E-state index in [1.807, 2.05) is 49.4 Å². The van der Waals surface area contributed by atoms with Crippen molar-refractivity contribution >= 4 is 11.7 Å². The quantitative estimate of drug-likeness (QED) is 0.471. The number of hydrogen-bond acceptors (Lipinski definition) is 5. The van der Waals surface area contributed by atoms with Crippen molar-refractivity contribution in [2.75, 3.05) is 4.90 Å². The number of fused-ring (bicyclic) bond motifs is 1. The van der Waals surface area contributed by atoms with Gasteiger partial charge in [0.25, 0.3) is 0 Å². The van der Waals surface area contributed by atoms with Gasteiger partial charge >= 0.3 is 0 Å². The molecule has 7 nitrogen and oxygen atoms in total. The van der Waals surface area contributed by atoms with E-state index >= 15 is 0 Å². The van der Waals surface area contributed by atoms with Crippen molar-refractivity contribution in [2.45, 2.75) is 39.2 Å². The van der Waals surface area contributed by atoms with Crippen LogP contribution in [0.5, 0.6) is 0 Å². The van der Waals surface area contributed by atoms with Crippen LogP contribution in [0.15, 0.2) is 67.1 Å². The largest absolute Gasteiger partial charge is 0.289 e. The number of carbonyl (C=O) groups is 1. The number of nitrogens with zero attached hydrogens (tertiary/aromatic N) is 6. The standard InChI is InChI=1S/C25H24N6O/c1-16(2)21-6-4-5-7-22(21)24-26-15-19-14-23(32)31(25(19)28-24)17(3)18-8-10-20(11-9-18)30-13-12-27-29-30/h4-13,15-17H,14H2,1-3H3/t17-/m1/s1. The zero-order valence-electron chi connectivity index (χ0n) is 18.3. The Hall–Kier alpha value is -3.87. The molecule has 0 radical (unpaired) electrons. The molecule has 2 aromatic heterocycles. The summed E-state index contributed by atoms with van der Waals surface area (Å²) in [5, 5.41) is 7.87. The highest BCUT2D eigenvalue weighted by Crippen LogP contribution is 2.36. The van der Waals surface area contributed by atoms with E-state index in [2.05, 4.69) is 35.2 Å². The first kappa shape index (κ1) is 20.1. The van der Waals surface area contributed by atoms with Gasteiger partial charge in [-0.05, 0) is 36.1 Å². The van der Waals surface area contributed by atoms with Gasteiger partial charge in [-0.25, -0.2) is 14.6 Å². The summed E-state index contributed by atoms with van der Waals surface area (Å²) in [5.41, 5.74) is 5.01. The molecule has 0 spiro atoms. The minimum absolute atomic E-state index is 0.0384. The number of carbonyl (C=O) groups excluding carboxylic acids is 1. The third-order valence-corrected chi connectivity index (χ3v) is 5.95. The molecule has 0 unspecified atom stereocenters. The van der Waals surface area contributed by atoms with Crippen LogP contribution in [0, 0.1) is 0 Å². The van der Waals surface area contributed by atoms with E-state index in [1.54, 1.807) is 28.2 Å². The lowest BCUT2D eigenvalue weighted by molar-refractivity contribution is -0.117. The van der Waals surface area contributed by atoms with Crippen molar-refractivity contribution in [3.05, 3.63) is 83.8 Å². The van der Waals surface area contributed by atoms with E-state index in [1.165, 1.54) is 5.56 Å². The van der Waals surface area contributed by atoms with Gasteiger partial charge in [0.2, 0.25) is 5.91 Å². The molecule has 0 N–H and O–H groups in total. The molecular weight excluding hydrogens is 400 g/mol. The lowest BCUT2D eigenvalue weighted by Gasteiger charge is -2.25. The highest BCUT2D eigenvalue weighted by atomic mass is 16.2. The number of benzene rings is 2. The molecule has 32 heavy (non-hydrogen) atoms. The Kier molecular flexibility index (Phi) is 5.01. The monoisotopic (exact) mass is 424 g/mol. The molecule has 7 heteroatoms. The van der Waals surface area contributed by atoms with Crippen molar-refractivity contribution < 1.29 is 4.79 Å². The smallest absolute Gasteiger partial charge is 0.233 e. The summed E-state index contributed by atoms with van der Waals surface area (Å²) in [6, 6.07) is 16.0. The van der Waals surface area contributed by atoms with E-state index in [0.29, 0.717) is 24.0 Å². The predicted molar refractivity (Wildman–Crippen MR) is 123 cm³/mol. The van der Waals surface area contributed by atoms with Crippen LogP contribution in [0.2, 0.25) is 0 Å². The minimum Gasteiger partial charge on any atom is -0.289 e. The van der Waals surface area contributed by atoms with E-state index in [4.69, 9.17) is 4.98 Å². The fourth-order valence-corrected chi connectivity index (χ4v) is 4.23. The zero-order valence-corrected chi connectivity index (χ0v) is 18.3.